The zero-order valence-corrected chi connectivity index (χ0v) is 18.3. The third-order valence-corrected chi connectivity index (χ3v) is 5.86. The number of nitrogens with one attached hydrogen (secondary N) is 2. The summed E-state index contributed by atoms with van der Waals surface area (Å²) in [5.74, 6) is -0.154. The maximum absolute atomic E-state index is 12.6. The summed E-state index contributed by atoms with van der Waals surface area (Å²) in [4.78, 5) is 29.9. The van der Waals surface area contributed by atoms with Gasteiger partial charge in [0.2, 0.25) is 0 Å². The zero-order valence-electron chi connectivity index (χ0n) is 18.3. The van der Waals surface area contributed by atoms with Crippen molar-refractivity contribution in [2.24, 2.45) is 5.92 Å². The highest BCUT2D eigenvalue weighted by Gasteiger charge is 2.32. The van der Waals surface area contributed by atoms with Gasteiger partial charge in [-0.15, -0.1) is 5.10 Å². The SMILES string of the molecule is CC(C)C[C@H]1Cn2nnc(C(=O)NCCN3CCN(c4ccccc4)CC3)c2C(=O)N1. The molecule has 2 aliphatic heterocycles. The van der Waals surface area contributed by atoms with Crippen LogP contribution in [0.3, 0.4) is 0 Å². The maximum Gasteiger partial charge on any atom is 0.274 e. The number of hydrogen-bond donors (Lipinski definition) is 2. The molecule has 166 valence electrons. The van der Waals surface area contributed by atoms with Crippen LogP contribution in [-0.2, 0) is 6.54 Å². The van der Waals surface area contributed by atoms with Crippen molar-refractivity contribution in [3.05, 3.63) is 41.7 Å². The van der Waals surface area contributed by atoms with Crippen molar-refractivity contribution >= 4 is 17.5 Å². The Labute approximate surface area is 182 Å². The van der Waals surface area contributed by atoms with Gasteiger partial charge in [0.1, 0.15) is 0 Å². The number of anilines is 1. The average molecular weight is 426 g/mol. The van der Waals surface area contributed by atoms with Crippen LogP contribution in [-0.4, -0.2) is 77.0 Å². The first kappa shape index (κ1) is 21.3. The number of hydrogen-bond acceptors (Lipinski definition) is 6. The van der Waals surface area contributed by atoms with Gasteiger partial charge in [0, 0.05) is 51.0 Å². The average Bonchev–Trinajstić information content (AvgIpc) is 3.19. The lowest BCUT2D eigenvalue weighted by Gasteiger charge is -2.36. The molecule has 1 saturated heterocycles. The fourth-order valence-electron chi connectivity index (χ4n) is 4.31. The normalized spacial score (nSPS) is 19.3. The van der Waals surface area contributed by atoms with Crippen molar-refractivity contribution in [1.82, 2.24) is 30.5 Å². The molecule has 0 bridgehead atoms. The predicted octanol–water partition coefficient (Wildman–Crippen LogP) is 0.988. The van der Waals surface area contributed by atoms with Crippen LogP contribution in [0.1, 0.15) is 41.2 Å². The second-order valence-electron chi connectivity index (χ2n) is 8.69. The van der Waals surface area contributed by atoms with Crippen molar-refractivity contribution in [1.29, 1.82) is 0 Å². The number of fused-ring (bicyclic) bond motifs is 1. The maximum atomic E-state index is 12.6. The Bertz CT molecular complexity index is 904. The Morgan fingerprint density at radius 1 is 1.19 bits per heavy atom. The van der Waals surface area contributed by atoms with Gasteiger partial charge in [0.05, 0.1) is 6.54 Å². The molecule has 9 heteroatoms. The Morgan fingerprint density at radius 2 is 1.94 bits per heavy atom. The van der Waals surface area contributed by atoms with Crippen molar-refractivity contribution in [2.45, 2.75) is 32.9 Å². The molecular weight excluding hydrogens is 394 g/mol. The highest BCUT2D eigenvalue weighted by molar-refractivity contribution is 6.05. The number of benzene rings is 1. The smallest absolute Gasteiger partial charge is 0.274 e. The molecule has 0 spiro atoms. The van der Waals surface area contributed by atoms with E-state index in [4.69, 9.17) is 0 Å². The van der Waals surface area contributed by atoms with Crippen LogP contribution in [0.5, 0.6) is 0 Å². The van der Waals surface area contributed by atoms with Crippen LogP contribution in [0.2, 0.25) is 0 Å². The quantitative estimate of drug-likeness (QED) is 0.687. The number of para-hydroxylation sites is 1. The minimum Gasteiger partial charge on any atom is -0.369 e. The summed E-state index contributed by atoms with van der Waals surface area (Å²) >= 11 is 0. The van der Waals surface area contributed by atoms with Gasteiger partial charge in [-0.1, -0.05) is 37.3 Å². The minimum atomic E-state index is -0.346. The first-order valence-electron chi connectivity index (χ1n) is 11.1. The molecule has 1 fully saturated rings. The summed E-state index contributed by atoms with van der Waals surface area (Å²) in [6.45, 7) is 9.88. The van der Waals surface area contributed by atoms with Gasteiger partial charge >= 0.3 is 0 Å². The summed E-state index contributed by atoms with van der Waals surface area (Å²) in [6, 6.07) is 10.4. The molecule has 1 aromatic carbocycles. The standard InChI is InChI=1S/C22H31N7O2/c1-16(2)14-17-15-29-20(22(31)24-17)19(25-26-29)21(30)23-8-9-27-10-12-28(13-11-27)18-6-4-3-5-7-18/h3-7,16-17H,8-15H2,1-2H3,(H,23,30)(H,24,31)/t17-/m0/s1. The second kappa shape index (κ2) is 9.47. The van der Waals surface area contributed by atoms with Crippen LogP contribution in [0.4, 0.5) is 5.69 Å². The van der Waals surface area contributed by atoms with E-state index in [0.717, 1.165) is 39.1 Å². The van der Waals surface area contributed by atoms with E-state index in [9.17, 15) is 9.59 Å². The molecule has 0 aliphatic carbocycles. The van der Waals surface area contributed by atoms with E-state index in [1.807, 2.05) is 6.07 Å². The molecular formula is C22H31N7O2. The van der Waals surface area contributed by atoms with Gasteiger partial charge < -0.3 is 15.5 Å². The summed E-state index contributed by atoms with van der Waals surface area (Å²) in [6.07, 6.45) is 0.865. The van der Waals surface area contributed by atoms with E-state index in [1.165, 1.54) is 5.69 Å². The molecule has 4 rings (SSSR count). The van der Waals surface area contributed by atoms with E-state index in [0.29, 0.717) is 19.0 Å². The summed E-state index contributed by atoms with van der Waals surface area (Å²) in [7, 11) is 0. The van der Waals surface area contributed by atoms with Crippen LogP contribution in [0.25, 0.3) is 0 Å². The lowest BCUT2D eigenvalue weighted by molar-refractivity contribution is 0.0869. The first-order chi connectivity index (χ1) is 15.0. The van der Waals surface area contributed by atoms with Crippen molar-refractivity contribution in [2.75, 3.05) is 44.2 Å². The van der Waals surface area contributed by atoms with Crippen LogP contribution >= 0.6 is 0 Å². The predicted molar refractivity (Wildman–Crippen MR) is 118 cm³/mol. The lowest BCUT2D eigenvalue weighted by atomic mass is 10.0. The Kier molecular flexibility index (Phi) is 6.50. The molecule has 2 N–H and O–H groups in total. The molecule has 31 heavy (non-hydrogen) atoms. The number of piperazine rings is 1. The third kappa shape index (κ3) is 5.04. The van der Waals surface area contributed by atoms with Crippen molar-refractivity contribution < 1.29 is 9.59 Å². The molecule has 0 saturated carbocycles. The fourth-order valence-corrected chi connectivity index (χ4v) is 4.31. The number of amides is 2. The monoisotopic (exact) mass is 425 g/mol. The van der Waals surface area contributed by atoms with Gasteiger partial charge in [-0.3, -0.25) is 14.5 Å². The van der Waals surface area contributed by atoms with Crippen molar-refractivity contribution in [3.8, 4) is 0 Å². The van der Waals surface area contributed by atoms with E-state index in [1.54, 1.807) is 4.68 Å². The highest BCUT2D eigenvalue weighted by atomic mass is 16.2. The van der Waals surface area contributed by atoms with Crippen LogP contribution in [0.15, 0.2) is 30.3 Å². The molecule has 9 nitrogen and oxygen atoms in total. The number of nitrogens with zero attached hydrogens (tertiary/aromatic N) is 5. The van der Waals surface area contributed by atoms with E-state index < -0.39 is 0 Å². The van der Waals surface area contributed by atoms with E-state index in [2.05, 4.69) is 68.9 Å². The molecule has 0 unspecified atom stereocenters. The molecule has 2 aromatic rings. The highest BCUT2D eigenvalue weighted by Crippen LogP contribution is 2.17. The molecule has 1 atom stereocenters. The van der Waals surface area contributed by atoms with E-state index >= 15 is 0 Å². The molecule has 2 amide bonds. The zero-order chi connectivity index (χ0) is 21.8. The summed E-state index contributed by atoms with van der Waals surface area (Å²) < 4.78 is 1.56. The van der Waals surface area contributed by atoms with Gasteiger partial charge in [-0.25, -0.2) is 4.68 Å². The third-order valence-electron chi connectivity index (χ3n) is 5.86. The number of carbonyl (C=O) groups is 2. The second-order valence-corrected chi connectivity index (χ2v) is 8.69. The molecule has 3 heterocycles. The number of carbonyl (C=O) groups excluding carboxylic acids is 2. The summed E-state index contributed by atoms with van der Waals surface area (Å²) in [5.41, 5.74) is 1.62. The molecule has 0 radical (unpaired) electrons. The Morgan fingerprint density at radius 3 is 2.65 bits per heavy atom. The van der Waals surface area contributed by atoms with Crippen LogP contribution < -0.4 is 15.5 Å². The topological polar surface area (TPSA) is 95.4 Å². The Hall–Kier alpha value is -2.94. The molecule has 2 aliphatic rings. The minimum absolute atomic E-state index is 0.0205. The number of rotatable bonds is 7. The van der Waals surface area contributed by atoms with Gasteiger partial charge in [-0.2, -0.15) is 0 Å². The largest absolute Gasteiger partial charge is 0.369 e. The van der Waals surface area contributed by atoms with Crippen LogP contribution in [0, 0.1) is 5.92 Å². The lowest BCUT2D eigenvalue weighted by Crippen LogP contribution is -2.48. The van der Waals surface area contributed by atoms with Crippen molar-refractivity contribution in [3.63, 3.8) is 0 Å². The van der Waals surface area contributed by atoms with E-state index in [-0.39, 0.29) is 29.2 Å². The first-order valence-corrected chi connectivity index (χ1v) is 11.1. The summed E-state index contributed by atoms with van der Waals surface area (Å²) in [5, 5.41) is 13.9. The van der Waals surface area contributed by atoms with Gasteiger partial charge in [-0.05, 0) is 24.5 Å². The number of aromatic nitrogens is 3. The fraction of sp³-hybridized carbons (Fsp3) is 0.545. The van der Waals surface area contributed by atoms with Gasteiger partial charge in [0.15, 0.2) is 11.4 Å². The molecule has 1 aromatic heterocycles. The Balaban J connectivity index is 1.25. The van der Waals surface area contributed by atoms with Gasteiger partial charge in [0.25, 0.3) is 11.8 Å².